The Morgan fingerprint density at radius 3 is 2.86 bits per heavy atom. The summed E-state index contributed by atoms with van der Waals surface area (Å²) in [5, 5.41) is 6.70. The number of hydrogen-bond donors (Lipinski definition) is 2. The van der Waals surface area contributed by atoms with Gasteiger partial charge < -0.3 is 20.1 Å². The zero-order valence-corrected chi connectivity index (χ0v) is 15.8. The summed E-state index contributed by atoms with van der Waals surface area (Å²) >= 11 is 0. The lowest BCUT2D eigenvalue weighted by atomic mass is 10.3. The third-order valence-corrected chi connectivity index (χ3v) is 3.76. The van der Waals surface area contributed by atoms with Gasteiger partial charge in [0.15, 0.2) is 5.96 Å². The molecule has 0 bridgehead atoms. The van der Waals surface area contributed by atoms with E-state index in [1.165, 1.54) is 5.56 Å². The van der Waals surface area contributed by atoms with Crippen molar-refractivity contribution in [3.05, 3.63) is 24.0 Å². The number of halogens is 1. The van der Waals surface area contributed by atoms with Crippen LogP contribution < -0.4 is 10.6 Å². The van der Waals surface area contributed by atoms with Gasteiger partial charge >= 0.3 is 0 Å². The number of amides is 1. The molecule has 7 heteroatoms. The highest BCUT2D eigenvalue weighted by molar-refractivity contribution is 14.0. The van der Waals surface area contributed by atoms with Crippen LogP contribution in [0.25, 0.3) is 0 Å². The quantitative estimate of drug-likeness (QED) is 0.440. The lowest BCUT2D eigenvalue weighted by molar-refractivity contribution is -0.129. The topological polar surface area (TPSA) is 61.7 Å². The fraction of sp³-hybridized carbons (Fsp3) is 0.600. The Morgan fingerprint density at radius 2 is 2.27 bits per heavy atom. The van der Waals surface area contributed by atoms with Crippen molar-refractivity contribution in [3.8, 4) is 0 Å². The molecule has 1 atom stereocenters. The van der Waals surface area contributed by atoms with E-state index in [-0.39, 0.29) is 35.9 Å². The number of aryl methyl sites for hydroxylation is 1. The zero-order chi connectivity index (χ0) is 15.2. The lowest BCUT2D eigenvalue weighted by Crippen LogP contribution is -2.44. The molecule has 0 saturated carbocycles. The van der Waals surface area contributed by atoms with E-state index >= 15 is 0 Å². The Kier molecular flexibility index (Phi) is 7.70. The van der Waals surface area contributed by atoms with Crippen LogP contribution in [0.4, 0.5) is 0 Å². The smallest absolute Gasteiger partial charge is 0.222 e. The van der Waals surface area contributed by atoms with Crippen LogP contribution in [0, 0.1) is 0 Å². The monoisotopic (exact) mass is 419 g/mol. The zero-order valence-electron chi connectivity index (χ0n) is 13.5. The van der Waals surface area contributed by atoms with E-state index in [0.29, 0.717) is 6.42 Å². The second kappa shape index (κ2) is 9.02. The number of aliphatic imine (C=N–C) groups is 1. The van der Waals surface area contributed by atoms with E-state index < -0.39 is 0 Å². The molecule has 2 heterocycles. The molecule has 1 unspecified atom stereocenters. The molecule has 2 N–H and O–H groups in total. The van der Waals surface area contributed by atoms with Gasteiger partial charge in [-0.1, -0.05) is 6.92 Å². The maximum absolute atomic E-state index is 11.7. The highest BCUT2D eigenvalue weighted by Gasteiger charge is 2.25. The predicted octanol–water partition coefficient (Wildman–Crippen LogP) is 1.32. The number of aromatic nitrogens is 1. The van der Waals surface area contributed by atoms with Gasteiger partial charge in [-0.25, -0.2) is 0 Å². The summed E-state index contributed by atoms with van der Waals surface area (Å²) in [6, 6.07) is 2.36. The number of carbonyl (C=O) groups is 1. The molecule has 1 fully saturated rings. The normalized spacial score (nSPS) is 18.0. The minimum Gasteiger partial charge on any atom is -0.357 e. The second-order valence-corrected chi connectivity index (χ2v) is 5.43. The summed E-state index contributed by atoms with van der Waals surface area (Å²) in [7, 11) is 3.78. The van der Waals surface area contributed by atoms with Crippen LogP contribution in [0.2, 0.25) is 0 Å². The van der Waals surface area contributed by atoms with Gasteiger partial charge in [-0.05, 0) is 18.1 Å². The van der Waals surface area contributed by atoms with Crippen molar-refractivity contribution in [1.82, 2.24) is 20.1 Å². The molecule has 1 aromatic heterocycles. The predicted molar refractivity (Wildman–Crippen MR) is 99.4 cm³/mol. The maximum Gasteiger partial charge on any atom is 0.222 e. The number of rotatable bonds is 4. The van der Waals surface area contributed by atoms with Gasteiger partial charge in [-0.3, -0.25) is 9.79 Å². The van der Waals surface area contributed by atoms with Crippen molar-refractivity contribution in [2.45, 2.75) is 32.4 Å². The Hall–Kier alpha value is -1.25. The van der Waals surface area contributed by atoms with Crippen LogP contribution in [0.5, 0.6) is 0 Å². The standard InChI is InChI=1S/C15H25N5O.HI/c1-4-14(21)20-8-6-13(11-20)18-15(16-2)17-9-12-5-7-19(3)10-12;/h5,7,10,13H,4,6,8-9,11H2,1-3H3,(H2,16,17,18);1H. The average molecular weight is 419 g/mol. The summed E-state index contributed by atoms with van der Waals surface area (Å²) in [5.74, 6) is 1.01. The molecule has 1 amide bonds. The second-order valence-electron chi connectivity index (χ2n) is 5.43. The average Bonchev–Trinajstić information content (AvgIpc) is 3.11. The lowest BCUT2D eigenvalue weighted by Gasteiger charge is -2.18. The fourth-order valence-electron chi connectivity index (χ4n) is 2.57. The van der Waals surface area contributed by atoms with Crippen molar-refractivity contribution in [1.29, 1.82) is 0 Å². The molecule has 22 heavy (non-hydrogen) atoms. The van der Waals surface area contributed by atoms with Gasteiger partial charge in [0.05, 0.1) is 0 Å². The van der Waals surface area contributed by atoms with Crippen LogP contribution in [0.3, 0.4) is 0 Å². The summed E-state index contributed by atoms with van der Waals surface area (Å²) in [6.45, 7) is 4.24. The Bertz CT molecular complexity index is 514. The molecule has 124 valence electrons. The van der Waals surface area contributed by atoms with Crippen LogP contribution in [0.1, 0.15) is 25.3 Å². The molecular formula is C15H26IN5O. The van der Waals surface area contributed by atoms with Crippen molar-refractivity contribution in [3.63, 3.8) is 0 Å². The van der Waals surface area contributed by atoms with E-state index in [0.717, 1.165) is 32.0 Å². The fourth-order valence-corrected chi connectivity index (χ4v) is 2.57. The van der Waals surface area contributed by atoms with E-state index in [2.05, 4.69) is 27.9 Å². The van der Waals surface area contributed by atoms with Gasteiger partial charge in [0, 0.05) is 58.6 Å². The number of carbonyl (C=O) groups excluding carboxylic acids is 1. The first-order chi connectivity index (χ1) is 10.1. The molecular weight excluding hydrogens is 393 g/mol. The molecule has 1 aliphatic rings. The van der Waals surface area contributed by atoms with Gasteiger partial charge in [0.1, 0.15) is 0 Å². The molecule has 0 spiro atoms. The van der Waals surface area contributed by atoms with Crippen LogP contribution in [-0.2, 0) is 18.4 Å². The third-order valence-electron chi connectivity index (χ3n) is 3.76. The number of likely N-dealkylation sites (tertiary alicyclic amines) is 1. The van der Waals surface area contributed by atoms with Crippen LogP contribution in [0.15, 0.2) is 23.5 Å². The van der Waals surface area contributed by atoms with Crippen molar-refractivity contribution >= 4 is 35.8 Å². The van der Waals surface area contributed by atoms with Crippen LogP contribution in [-0.4, -0.2) is 47.5 Å². The van der Waals surface area contributed by atoms with Gasteiger partial charge in [0.25, 0.3) is 0 Å². The minimum absolute atomic E-state index is 0. The van der Waals surface area contributed by atoms with Crippen LogP contribution >= 0.6 is 24.0 Å². The first-order valence-electron chi connectivity index (χ1n) is 7.48. The number of nitrogens with zero attached hydrogens (tertiary/aromatic N) is 3. The maximum atomic E-state index is 11.7. The van der Waals surface area contributed by atoms with Crippen molar-refractivity contribution < 1.29 is 4.79 Å². The molecule has 1 saturated heterocycles. The summed E-state index contributed by atoms with van der Waals surface area (Å²) in [4.78, 5) is 17.8. The highest BCUT2D eigenvalue weighted by atomic mass is 127. The third kappa shape index (κ3) is 5.19. The Labute approximate surface area is 149 Å². The minimum atomic E-state index is 0. The molecule has 1 aromatic rings. The van der Waals surface area contributed by atoms with E-state index in [1.54, 1.807) is 7.05 Å². The van der Waals surface area contributed by atoms with Gasteiger partial charge in [-0.15, -0.1) is 24.0 Å². The largest absolute Gasteiger partial charge is 0.357 e. The number of hydrogen-bond acceptors (Lipinski definition) is 2. The van der Waals surface area contributed by atoms with E-state index in [4.69, 9.17) is 0 Å². The molecule has 0 aromatic carbocycles. The Morgan fingerprint density at radius 1 is 1.50 bits per heavy atom. The highest BCUT2D eigenvalue weighted by Crippen LogP contribution is 2.10. The van der Waals surface area contributed by atoms with E-state index in [9.17, 15) is 4.79 Å². The summed E-state index contributed by atoms with van der Waals surface area (Å²) < 4.78 is 2.03. The first-order valence-corrected chi connectivity index (χ1v) is 7.48. The van der Waals surface area contributed by atoms with Crippen molar-refractivity contribution in [2.75, 3.05) is 20.1 Å². The number of nitrogens with one attached hydrogen (secondary N) is 2. The molecule has 0 radical (unpaired) electrons. The van der Waals surface area contributed by atoms with Gasteiger partial charge in [0.2, 0.25) is 5.91 Å². The number of guanidine groups is 1. The molecule has 0 aliphatic carbocycles. The SMILES string of the molecule is CCC(=O)N1CCC(NC(=NC)NCc2ccn(C)c2)C1.I. The van der Waals surface area contributed by atoms with Crippen molar-refractivity contribution in [2.24, 2.45) is 12.0 Å². The van der Waals surface area contributed by atoms with E-state index in [1.807, 2.05) is 29.6 Å². The summed E-state index contributed by atoms with van der Waals surface area (Å²) in [5.41, 5.74) is 1.22. The molecule has 1 aliphatic heterocycles. The Balaban J connectivity index is 0.00000242. The molecule has 2 rings (SSSR count). The molecule has 6 nitrogen and oxygen atoms in total. The summed E-state index contributed by atoms with van der Waals surface area (Å²) in [6.07, 6.45) is 5.65. The van der Waals surface area contributed by atoms with Gasteiger partial charge in [-0.2, -0.15) is 0 Å². The first kappa shape index (κ1) is 18.8.